The summed E-state index contributed by atoms with van der Waals surface area (Å²) in [7, 11) is 0. The molecule has 0 radical (unpaired) electrons. The molecule has 0 bridgehead atoms. The van der Waals surface area contributed by atoms with Gasteiger partial charge in [0.2, 0.25) is 0 Å². The van der Waals surface area contributed by atoms with E-state index in [1.807, 2.05) is 0 Å². The summed E-state index contributed by atoms with van der Waals surface area (Å²) in [6, 6.07) is 11.7. The van der Waals surface area contributed by atoms with Crippen LogP contribution >= 0.6 is 0 Å². The first kappa shape index (κ1) is 23.1. The van der Waals surface area contributed by atoms with Crippen LogP contribution in [0.4, 0.5) is 13.2 Å². The van der Waals surface area contributed by atoms with Gasteiger partial charge in [-0.2, -0.15) is 4.73 Å². The Morgan fingerprint density at radius 1 is 1.11 bits per heavy atom. The Kier molecular flexibility index (Phi) is 5.71. The molecule has 5 rings (SSSR count). The van der Waals surface area contributed by atoms with Crippen LogP contribution < -0.4 is 19.6 Å². The lowest BCUT2D eigenvalue weighted by atomic mass is 9.81. The van der Waals surface area contributed by atoms with E-state index in [1.54, 1.807) is 18.2 Å². The molecule has 184 valence electrons. The SMILES string of the molecule is O=COn1ccc2c(C(=O)NC3(c4ccc(OC(F)(F)F)cc4)CCOc4cccnc43)ccnc21. The molecule has 0 saturated carbocycles. The van der Waals surface area contributed by atoms with Crippen LogP contribution in [0.3, 0.4) is 0 Å². The molecule has 0 aliphatic carbocycles. The number of nitrogens with one attached hydrogen (secondary N) is 1. The summed E-state index contributed by atoms with van der Waals surface area (Å²) in [6.07, 6.45) is -0.197. The first-order chi connectivity index (χ1) is 17.3. The number of fused-ring (bicyclic) bond motifs is 2. The molecule has 1 aromatic carbocycles. The Balaban J connectivity index is 1.58. The number of aromatic nitrogens is 3. The number of alkyl halides is 3. The molecule has 1 N–H and O–H groups in total. The summed E-state index contributed by atoms with van der Waals surface area (Å²) in [5, 5.41) is 3.46. The first-order valence-corrected chi connectivity index (χ1v) is 10.6. The van der Waals surface area contributed by atoms with Gasteiger partial charge in [0.15, 0.2) is 5.65 Å². The Hall–Kier alpha value is -4.61. The van der Waals surface area contributed by atoms with E-state index in [0.717, 1.165) is 4.73 Å². The zero-order valence-electron chi connectivity index (χ0n) is 18.4. The molecule has 12 heteroatoms. The fourth-order valence-electron chi connectivity index (χ4n) is 4.28. The molecular weight excluding hydrogens is 481 g/mol. The zero-order chi connectivity index (χ0) is 25.3. The van der Waals surface area contributed by atoms with Gasteiger partial charge in [0.25, 0.3) is 5.91 Å². The number of rotatable bonds is 6. The zero-order valence-corrected chi connectivity index (χ0v) is 18.4. The number of ether oxygens (including phenoxy) is 2. The third-order valence-corrected chi connectivity index (χ3v) is 5.77. The van der Waals surface area contributed by atoms with Gasteiger partial charge in [-0.3, -0.25) is 14.6 Å². The fraction of sp³-hybridized carbons (Fsp3) is 0.167. The van der Waals surface area contributed by atoms with Crippen LogP contribution in [0.25, 0.3) is 11.0 Å². The summed E-state index contributed by atoms with van der Waals surface area (Å²) < 4.78 is 48.8. The van der Waals surface area contributed by atoms with Crippen molar-refractivity contribution in [1.29, 1.82) is 0 Å². The molecule has 1 amide bonds. The molecule has 0 fully saturated rings. The van der Waals surface area contributed by atoms with E-state index < -0.39 is 23.6 Å². The summed E-state index contributed by atoms with van der Waals surface area (Å²) in [4.78, 5) is 37.9. The van der Waals surface area contributed by atoms with Crippen molar-refractivity contribution in [2.75, 3.05) is 6.61 Å². The van der Waals surface area contributed by atoms with Crippen LogP contribution in [-0.4, -0.2) is 40.0 Å². The molecule has 1 atom stereocenters. The smallest absolute Gasteiger partial charge is 0.491 e. The summed E-state index contributed by atoms with van der Waals surface area (Å²) >= 11 is 0. The normalized spacial score (nSPS) is 17.1. The van der Waals surface area contributed by atoms with Gasteiger partial charge in [-0.15, -0.1) is 13.2 Å². The van der Waals surface area contributed by atoms with Crippen molar-refractivity contribution in [3.05, 3.63) is 83.9 Å². The maximum atomic E-state index is 13.6. The van der Waals surface area contributed by atoms with Crippen molar-refractivity contribution >= 4 is 23.4 Å². The summed E-state index contributed by atoms with van der Waals surface area (Å²) in [5.74, 6) is -0.459. The van der Waals surface area contributed by atoms with E-state index in [0.29, 0.717) is 22.4 Å². The third kappa shape index (κ3) is 4.17. The molecule has 1 aliphatic heterocycles. The van der Waals surface area contributed by atoms with Crippen molar-refractivity contribution < 1.29 is 37.1 Å². The lowest BCUT2D eigenvalue weighted by Crippen LogP contribution is -2.50. The van der Waals surface area contributed by atoms with Crippen molar-refractivity contribution in [2.45, 2.75) is 18.3 Å². The average Bonchev–Trinajstić information content (AvgIpc) is 3.27. The number of benzene rings is 1. The highest BCUT2D eigenvalue weighted by molar-refractivity contribution is 6.06. The van der Waals surface area contributed by atoms with Crippen molar-refractivity contribution in [1.82, 2.24) is 20.0 Å². The van der Waals surface area contributed by atoms with Gasteiger partial charge in [-0.1, -0.05) is 12.1 Å². The fourth-order valence-corrected chi connectivity index (χ4v) is 4.28. The lowest BCUT2D eigenvalue weighted by molar-refractivity contribution is -0.274. The standard InChI is InChI=1S/C24H17F3N4O5/c25-24(26,27)36-16-5-3-15(4-6-16)23(9-13-34-19-2-1-10-28-20(19)23)30-22(33)18-7-11-29-21-17(18)8-12-31(21)35-14-32/h1-8,10-12,14H,9,13H2,(H,30,33). The van der Waals surface area contributed by atoms with Crippen LogP contribution in [0, 0.1) is 0 Å². The van der Waals surface area contributed by atoms with Gasteiger partial charge < -0.3 is 19.6 Å². The highest BCUT2D eigenvalue weighted by Crippen LogP contribution is 2.41. The second-order valence-corrected chi connectivity index (χ2v) is 7.82. The Labute approximate surface area is 201 Å². The van der Waals surface area contributed by atoms with Gasteiger partial charge in [0.1, 0.15) is 22.7 Å². The van der Waals surface area contributed by atoms with Gasteiger partial charge in [-0.05, 0) is 42.0 Å². The largest absolute Gasteiger partial charge is 0.573 e. The van der Waals surface area contributed by atoms with E-state index in [-0.39, 0.29) is 30.7 Å². The maximum absolute atomic E-state index is 13.6. The van der Waals surface area contributed by atoms with E-state index in [2.05, 4.69) is 20.0 Å². The molecule has 0 saturated heterocycles. The maximum Gasteiger partial charge on any atom is 0.573 e. The van der Waals surface area contributed by atoms with Crippen molar-refractivity contribution in [2.24, 2.45) is 0 Å². The molecule has 3 aromatic heterocycles. The average molecular weight is 498 g/mol. The minimum absolute atomic E-state index is 0.217. The number of carbonyl (C=O) groups excluding carboxylic acids is 2. The number of carbonyl (C=O) groups is 2. The Bertz CT molecular complexity index is 1440. The summed E-state index contributed by atoms with van der Waals surface area (Å²) in [6.45, 7) is 0.453. The van der Waals surface area contributed by atoms with Gasteiger partial charge >= 0.3 is 12.8 Å². The first-order valence-electron chi connectivity index (χ1n) is 10.6. The number of hydrogen-bond acceptors (Lipinski definition) is 7. The molecule has 0 spiro atoms. The van der Waals surface area contributed by atoms with Gasteiger partial charge in [0.05, 0.1) is 12.2 Å². The molecule has 1 aliphatic rings. The topological polar surface area (TPSA) is 105 Å². The second kappa shape index (κ2) is 8.87. The molecule has 36 heavy (non-hydrogen) atoms. The van der Waals surface area contributed by atoms with Crippen molar-refractivity contribution in [3.63, 3.8) is 0 Å². The van der Waals surface area contributed by atoms with E-state index in [4.69, 9.17) is 9.57 Å². The van der Waals surface area contributed by atoms with Crippen LogP contribution in [0.1, 0.15) is 28.0 Å². The highest BCUT2D eigenvalue weighted by atomic mass is 19.4. The second-order valence-electron chi connectivity index (χ2n) is 7.82. The molecule has 4 heterocycles. The number of nitrogens with zero attached hydrogens (tertiary/aromatic N) is 3. The minimum atomic E-state index is -4.84. The minimum Gasteiger partial charge on any atom is -0.491 e. The highest BCUT2D eigenvalue weighted by Gasteiger charge is 2.43. The van der Waals surface area contributed by atoms with E-state index in [9.17, 15) is 22.8 Å². The molecule has 9 nitrogen and oxygen atoms in total. The third-order valence-electron chi connectivity index (χ3n) is 5.77. The Morgan fingerprint density at radius 3 is 2.67 bits per heavy atom. The van der Waals surface area contributed by atoms with Crippen LogP contribution in [0.5, 0.6) is 11.5 Å². The van der Waals surface area contributed by atoms with Gasteiger partial charge in [-0.25, -0.2) is 4.98 Å². The Morgan fingerprint density at radius 2 is 1.92 bits per heavy atom. The van der Waals surface area contributed by atoms with E-state index >= 15 is 0 Å². The number of pyridine rings is 2. The van der Waals surface area contributed by atoms with E-state index in [1.165, 1.54) is 48.9 Å². The predicted molar refractivity (Wildman–Crippen MR) is 118 cm³/mol. The number of amides is 1. The predicted octanol–water partition coefficient (Wildman–Crippen LogP) is 3.37. The van der Waals surface area contributed by atoms with Crippen LogP contribution in [0.2, 0.25) is 0 Å². The van der Waals surface area contributed by atoms with Crippen LogP contribution in [0.15, 0.2) is 67.1 Å². The monoisotopic (exact) mass is 498 g/mol. The number of hydrogen-bond donors (Lipinski definition) is 1. The number of halogens is 3. The molecule has 4 aromatic rings. The summed E-state index contributed by atoms with van der Waals surface area (Å²) in [5.41, 5.74) is 0.166. The molecular formula is C24H17F3N4O5. The lowest BCUT2D eigenvalue weighted by Gasteiger charge is -2.39. The van der Waals surface area contributed by atoms with Crippen LogP contribution in [-0.2, 0) is 10.3 Å². The van der Waals surface area contributed by atoms with Gasteiger partial charge in [0, 0.05) is 30.4 Å². The molecule has 1 unspecified atom stereocenters. The van der Waals surface area contributed by atoms with Crippen molar-refractivity contribution in [3.8, 4) is 11.5 Å². The quantitative estimate of drug-likeness (QED) is 0.407.